The molecule has 1 aromatic carbocycles. The topological polar surface area (TPSA) is 44.7 Å². The molecule has 0 spiro atoms. The molecule has 1 aliphatic heterocycles. The number of aliphatic hydroxyl groups excluding tert-OH is 1. The van der Waals surface area contributed by atoms with Crippen LogP contribution in [0.25, 0.3) is 0 Å². The standard InChI is InChI=1S/C13H20N2O2/c1-17-13-5-2-4-11(8-13)15-7-3-6-14-9-12(15)10-16/h2,4-5,8,12,14,16H,3,6-7,9-10H2,1H3. The summed E-state index contributed by atoms with van der Waals surface area (Å²) in [5.41, 5.74) is 1.12. The van der Waals surface area contributed by atoms with Crippen molar-refractivity contribution in [3.8, 4) is 5.75 Å². The molecule has 1 aromatic rings. The summed E-state index contributed by atoms with van der Waals surface area (Å²) in [7, 11) is 1.67. The second-order valence-electron chi connectivity index (χ2n) is 4.29. The first kappa shape index (κ1) is 12.2. The third kappa shape index (κ3) is 2.90. The van der Waals surface area contributed by atoms with Crippen molar-refractivity contribution in [1.82, 2.24) is 5.32 Å². The maximum absolute atomic E-state index is 9.46. The lowest BCUT2D eigenvalue weighted by atomic mass is 10.2. The second kappa shape index (κ2) is 5.89. The van der Waals surface area contributed by atoms with E-state index in [4.69, 9.17) is 4.74 Å². The molecule has 94 valence electrons. The minimum absolute atomic E-state index is 0.143. The van der Waals surface area contributed by atoms with Crippen molar-refractivity contribution in [2.45, 2.75) is 12.5 Å². The summed E-state index contributed by atoms with van der Waals surface area (Å²) < 4.78 is 5.24. The quantitative estimate of drug-likeness (QED) is 0.817. The molecule has 1 atom stereocenters. The minimum Gasteiger partial charge on any atom is -0.497 e. The van der Waals surface area contributed by atoms with E-state index in [0.29, 0.717) is 0 Å². The summed E-state index contributed by atoms with van der Waals surface area (Å²) in [4.78, 5) is 2.25. The molecule has 2 rings (SSSR count). The van der Waals surface area contributed by atoms with Crippen molar-refractivity contribution in [3.63, 3.8) is 0 Å². The average Bonchev–Trinajstić information content (AvgIpc) is 2.63. The Morgan fingerprint density at radius 3 is 3.18 bits per heavy atom. The van der Waals surface area contributed by atoms with Crippen molar-refractivity contribution < 1.29 is 9.84 Å². The Morgan fingerprint density at radius 2 is 2.41 bits per heavy atom. The minimum atomic E-state index is 0.143. The number of benzene rings is 1. The number of rotatable bonds is 3. The van der Waals surface area contributed by atoms with Crippen LogP contribution in [0.1, 0.15) is 6.42 Å². The van der Waals surface area contributed by atoms with Crippen molar-refractivity contribution in [2.24, 2.45) is 0 Å². The Hall–Kier alpha value is -1.26. The van der Waals surface area contributed by atoms with Crippen molar-refractivity contribution >= 4 is 5.69 Å². The van der Waals surface area contributed by atoms with Gasteiger partial charge >= 0.3 is 0 Å². The summed E-state index contributed by atoms with van der Waals surface area (Å²) >= 11 is 0. The molecule has 1 saturated heterocycles. The fourth-order valence-electron chi connectivity index (χ4n) is 2.23. The number of methoxy groups -OCH3 is 1. The first-order valence-corrected chi connectivity index (χ1v) is 6.07. The Labute approximate surface area is 102 Å². The highest BCUT2D eigenvalue weighted by molar-refractivity contribution is 5.51. The summed E-state index contributed by atoms with van der Waals surface area (Å²) in [6.45, 7) is 2.97. The lowest BCUT2D eigenvalue weighted by Gasteiger charge is -2.30. The molecule has 0 amide bonds. The lowest BCUT2D eigenvalue weighted by molar-refractivity contribution is 0.260. The largest absolute Gasteiger partial charge is 0.497 e. The smallest absolute Gasteiger partial charge is 0.120 e. The lowest BCUT2D eigenvalue weighted by Crippen LogP contribution is -2.42. The van der Waals surface area contributed by atoms with E-state index in [1.54, 1.807) is 7.11 Å². The first-order valence-electron chi connectivity index (χ1n) is 6.07. The SMILES string of the molecule is COc1cccc(N2CCCNCC2CO)c1. The normalized spacial score (nSPS) is 21.1. The van der Waals surface area contributed by atoms with Gasteiger partial charge in [-0.25, -0.2) is 0 Å². The second-order valence-corrected chi connectivity index (χ2v) is 4.29. The Kier molecular flexibility index (Phi) is 4.23. The molecule has 17 heavy (non-hydrogen) atoms. The maximum Gasteiger partial charge on any atom is 0.120 e. The first-order chi connectivity index (χ1) is 8.35. The van der Waals surface area contributed by atoms with Crippen LogP contribution in [0, 0.1) is 0 Å². The number of aliphatic hydroxyl groups is 1. The molecule has 1 unspecified atom stereocenters. The molecule has 1 fully saturated rings. The fourth-order valence-corrected chi connectivity index (χ4v) is 2.23. The molecular weight excluding hydrogens is 216 g/mol. The van der Waals surface area contributed by atoms with Crippen molar-refractivity contribution in [1.29, 1.82) is 0 Å². The van der Waals surface area contributed by atoms with Gasteiger partial charge in [-0.15, -0.1) is 0 Å². The van der Waals surface area contributed by atoms with Crippen LogP contribution >= 0.6 is 0 Å². The van der Waals surface area contributed by atoms with Gasteiger partial charge in [0, 0.05) is 24.8 Å². The van der Waals surface area contributed by atoms with Crippen LogP contribution in [0.15, 0.2) is 24.3 Å². The van der Waals surface area contributed by atoms with E-state index >= 15 is 0 Å². The molecule has 0 aromatic heterocycles. The van der Waals surface area contributed by atoms with Gasteiger partial charge in [-0.2, -0.15) is 0 Å². The van der Waals surface area contributed by atoms with Gasteiger partial charge in [-0.05, 0) is 25.1 Å². The zero-order valence-corrected chi connectivity index (χ0v) is 10.2. The van der Waals surface area contributed by atoms with E-state index in [1.807, 2.05) is 18.2 Å². The molecule has 4 nitrogen and oxygen atoms in total. The van der Waals surface area contributed by atoms with Crippen LogP contribution in [-0.2, 0) is 0 Å². The van der Waals surface area contributed by atoms with Gasteiger partial charge in [0.15, 0.2) is 0 Å². The summed E-state index contributed by atoms with van der Waals surface area (Å²) in [5, 5.41) is 12.8. The Balaban J connectivity index is 2.21. The molecule has 0 saturated carbocycles. The molecule has 0 aliphatic carbocycles. The van der Waals surface area contributed by atoms with Crippen LogP contribution in [0.4, 0.5) is 5.69 Å². The number of ether oxygens (including phenoxy) is 1. The van der Waals surface area contributed by atoms with E-state index in [-0.39, 0.29) is 12.6 Å². The van der Waals surface area contributed by atoms with Gasteiger partial charge in [-0.1, -0.05) is 6.07 Å². The number of anilines is 1. The van der Waals surface area contributed by atoms with Crippen LogP contribution in [0.5, 0.6) is 5.75 Å². The van der Waals surface area contributed by atoms with Gasteiger partial charge in [0.1, 0.15) is 5.75 Å². The summed E-state index contributed by atoms with van der Waals surface area (Å²) in [6.07, 6.45) is 1.09. The van der Waals surface area contributed by atoms with E-state index in [1.165, 1.54) is 0 Å². The highest BCUT2D eigenvalue weighted by Gasteiger charge is 2.20. The average molecular weight is 236 g/mol. The van der Waals surface area contributed by atoms with E-state index in [0.717, 1.165) is 37.5 Å². The summed E-state index contributed by atoms with van der Waals surface area (Å²) in [5.74, 6) is 0.858. The number of hydrogen-bond acceptors (Lipinski definition) is 4. The van der Waals surface area contributed by atoms with Crippen LogP contribution in [0.2, 0.25) is 0 Å². The van der Waals surface area contributed by atoms with Crippen LogP contribution < -0.4 is 15.0 Å². The molecule has 4 heteroatoms. The van der Waals surface area contributed by atoms with Crippen molar-refractivity contribution in [2.75, 3.05) is 38.3 Å². The zero-order valence-electron chi connectivity index (χ0n) is 10.2. The Bertz CT molecular complexity index is 357. The van der Waals surface area contributed by atoms with E-state index in [9.17, 15) is 5.11 Å². The van der Waals surface area contributed by atoms with Gasteiger partial charge in [0.25, 0.3) is 0 Å². The molecule has 1 aliphatic rings. The highest BCUT2D eigenvalue weighted by Crippen LogP contribution is 2.23. The van der Waals surface area contributed by atoms with E-state index in [2.05, 4.69) is 16.3 Å². The third-order valence-corrected chi connectivity index (χ3v) is 3.17. The van der Waals surface area contributed by atoms with Gasteiger partial charge in [0.2, 0.25) is 0 Å². The maximum atomic E-state index is 9.46. The van der Waals surface area contributed by atoms with Crippen LogP contribution in [0.3, 0.4) is 0 Å². The zero-order chi connectivity index (χ0) is 12.1. The monoisotopic (exact) mass is 236 g/mol. The van der Waals surface area contributed by atoms with Gasteiger partial charge in [0.05, 0.1) is 19.8 Å². The molecular formula is C13H20N2O2. The summed E-state index contributed by atoms with van der Waals surface area (Å²) in [6, 6.07) is 8.16. The predicted molar refractivity (Wildman–Crippen MR) is 68.7 cm³/mol. The van der Waals surface area contributed by atoms with E-state index < -0.39 is 0 Å². The van der Waals surface area contributed by atoms with Gasteiger partial charge < -0.3 is 20.1 Å². The van der Waals surface area contributed by atoms with Crippen molar-refractivity contribution in [3.05, 3.63) is 24.3 Å². The number of hydrogen-bond donors (Lipinski definition) is 2. The highest BCUT2D eigenvalue weighted by atomic mass is 16.5. The molecule has 1 heterocycles. The Morgan fingerprint density at radius 1 is 1.53 bits per heavy atom. The molecule has 2 N–H and O–H groups in total. The van der Waals surface area contributed by atoms with Gasteiger partial charge in [-0.3, -0.25) is 0 Å². The number of nitrogens with one attached hydrogen (secondary N) is 1. The fraction of sp³-hybridized carbons (Fsp3) is 0.538. The van der Waals surface area contributed by atoms with Crippen LogP contribution in [-0.4, -0.2) is 44.5 Å². The number of nitrogens with zero attached hydrogens (tertiary/aromatic N) is 1. The molecule has 0 bridgehead atoms. The molecule has 0 radical (unpaired) electrons. The predicted octanol–water partition coefficient (Wildman–Crippen LogP) is 0.856. The third-order valence-electron chi connectivity index (χ3n) is 3.17.